The summed E-state index contributed by atoms with van der Waals surface area (Å²) in [7, 11) is 4.26. The van der Waals surface area contributed by atoms with Crippen molar-refractivity contribution in [1.29, 1.82) is 0 Å². The second-order valence-corrected chi connectivity index (χ2v) is 5.66. The summed E-state index contributed by atoms with van der Waals surface area (Å²) in [5.74, 6) is 0. The fourth-order valence-corrected chi connectivity index (χ4v) is 2.79. The van der Waals surface area contributed by atoms with E-state index in [4.69, 9.17) is 0 Å². The Morgan fingerprint density at radius 2 is 1.64 bits per heavy atom. The first-order valence-corrected chi connectivity index (χ1v) is 7.81. The van der Waals surface area contributed by atoms with Gasteiger partial charge in [-0.3, -0.25) is 0 Å². The van der Waals surface area contributed by atoms with Gasteiger partial charge in [0.25, 0.3) is 0 Å². The van der Waals surface area contributed by atoms with E-state index in [2.05, 4.69) is 87.1 Å². The zero-order valence-electron chi connectivity index (χ0n) is 13.8. The van der Waals surface area contributed by atoms with Crippen LogP contribution in [0.1, 0.15) is 30.0 Å². The van der Waals surface area contributed by atoms with Crippen LogP contribution in [0.25, 0.3) is 11.6 Å². The average molecular weight is 291 g/mol. The Morgan fingerprint density at radius 1 is 1.00 bits per heavy atom. The highest BCUT2D eigenvalue weighted by Crippen LogP contribution is 2.26. The number of hydrogen-bond acceptors (Lipinski definition) is 1. The van der Waals surface area contributed by atoms with Gasteiger partial charge < -0.3 is 4.90 Å². The molecule has 22 heavy (non-hydrogen) atoms. The first-order valence-electron chi connectivity index (χ1n) is 7.81. The molecular formula is C21H25N. The highest BCUT2D eigenvalue weighted by Gasteiger charge is 2.11. The highest BCUT2D eigenvalue weighted by atomic mass is 15.1. The summed E-state index contributed by atoms with van der Waals surface area (Å²) in [6, 6.07) is 19.4. The number of hydrogen-bond donors (Lipinski definition) is 0. The van der Waals surface area contributed by atoms with E-state index in [1.165, 1.54) is 22.4 Å². The van der Waals surface area contributed by atoms with Gasteiger partial charge in [-0.05, 0) is 35.1 Å². The van der Waals surface area contributed by atoms with Crippen molar-refractivity contribution in [2.24, 2.45) is 0 Å². The molecule has 0 aliphatic carbocycles. The van der Waals surface area contributed by atoms with Gasteiger partial charge in [-0.15, -0.1) is 0 Å². The van der Waals surface area contributed by atoms with Crippen molar-refractivity contribution in [2.45, 2.75) is 19.8 Å². The molecule has 2 rings (SSSR count). The maximum absolute atomic E-state index is 3.82. The summed E-state index contributed by atoms with van der Waals surface area (Å²) in [6.07, 6.45) is 3.86. The largest absolute Gasteiger partial charge is 0.381 e. The summed E-state index contributed by atoms with van der Waals surface area (Å²) in [5, 5.41) is 0. The van der Waals surface area contributed by atoms with Crippen molar-refractivity contribution in [1.82, 2.24) is 4.90 Å². The minimum absolute atomic E-state index is 0.947. The lowest BCUT2D eigenvalue weighted by atomic mass is 9.94. The molecule has 0 saturated heterocycles. The van der Waals surface area contributed by atoms with Gasteiger partial charge in [0.1, 0.15) is 0 Å². The van der Waals surface area contributed by atoms with Crippen LogP contribution in [0.2, 0.25) is 0 Å². The van der Waals surface area contributed by atoms with Crippen LogP contribution in [-0.2, 0) is 6.42 Å². The molecule has 0 aliphatic heterocycles. The van der Waals surface area contributed by atoms with Crippen LogP contribution in [-0.4, -0.2) is 19.0 Å². The number of nitrogens with zero attached hydrogens (tertiary/aromatic N) is 1. The summed E-state index contributed by atoms with van der Waals surface area (Å²) < 4.78 is 0. The summed E-state index contributed by atoms with van der Waals surface area (Å²) in [6.45, 7) is 6.04. The maximum atomic E-state index is 3.82. The van der Waals surface area contributed by atoms with Crippen molar-refractivity contribution in [2.75, 3.05) is 14.1 Å². The highest BCUT2D eigenvalue weighted by molar-refractivity contribution is 5.70. The van der Waals surface area contributed by atoms with Gasteiger partial charge in [-0.25, -0.2) is 0 Å². The maximum Gasteiger partial charge on any atom is 0.0167 e. The fraction of sp³-hybridized carbons (Fsp3) is 0.238. The van der Waals surface area contributed by atoms with Crippen LogP contribution in [0.4, 0.5) is 0 Å². The predicted molar refractivity (Wildman–Crippen MR) is 97.6 cm³/mol. The number of benzene rings is 2. The van der Waals surface area contributed by atoms with Crippen LogP contribution in [0.3, 0.4) is 0 Å². The van der Waals surface area contributed by atoms with E-state index in [-0.39, 0.29) is 0 Å². The van der Waals surface area contributed by atoms with Crippen molar-refractivity contribution in [3.63, 3.8) is 0 Å². The third-order valence-corrected chi connectivity index (χ3v) is 3.94. The minimum atomic E-state index is 0.947. The van der Waals surface area contributed by atoms with Crippen LogP contribution in [0, 0.1) is 0 Å². The Kier molecular flexibility index (Phi) is 5.60. The predicted octanol–water partition coefficient (Wildman–Crippen LogP) is 5.26. The fourth-order valence-electron chi connectivity index (χ4n) is 2.79. The smallest absolute Gasteiger partial charge is 0.0167 e. The van der Waals surface area contributed by atoms with E-state index in [1.807, 2.05) is 6.08 Å². The molecule has 1 heteroatoms. The monoisotopic (exact) mass is 291 g/mol. The number of allylic oxidation sites excluding steroid dienone is 2. The summed E-state index contributed by atoms with van der Waals surface area (Å²) >= 11 is 0. The van der Waals surface area contributed by atoms with E-state index in [1.54, 1.807) is 0 Å². The molecule has 0 heterocycles. The van der Waals surface area contributed by atoms with Gasteiger partial charge in [0.15, 0.2) is 0 Å². The molecule has 0 aromatic heterocycles. The average Bonchev–Trinajstić information content (AvgIpc) is 2.55. The van der Waals surface area contributed by atoms with Crippen LogP contribution in [0.5, 0.6) is 0 Å². The Bertz CT molecular complexity index is 633. The van der Waals surface area contributed by atoms with Crippen LogP contribution < -0.4 is 0 Å². The Balaban J connectivity index is 2.42. The zero-order valence-corrected chi connectivity index (χ0v) is 13.8. The second-order valence-electron chi connectivity index (χ2n) is 5.66. The van der Waals surface area contributed by atoms with Crippen molar-refractivity contribution >= 4 is 11.6 Å². The molecule has 0 spiro atoms. The van der Waals surface area contributed by atoms with Crippen LogP contribution >= 0.6 is 0 Å². The van der Waals surface area contributed by atoms with Gasteiger partial charge in [0, 0.05) is 19.8 Å². The van der Waals surface area contributed by atoms with E-state index in [9.17, 15) is 0 Å². The molecule has 114 valence electrons. The standard InChI is InChI=1S/C21H25N/c1-5-17-12-14-18(15-13-17)16-20(21(6-2)22(3)4)19-10-8-7-9-11-19/h5,7-15H,1,6,16H2,2-4H3. The third kappa shape index (κ3) is 3.88. The lowest BCUT2D eigenvalue weighted by Crippen LogP contribution is -2.13. The van der Waals surface area contributed by atoms with Crippen molar-refractivity contribution in [3.8, 4) is 0 Å². The second kappa shape index (κ2) is 7.65. The van der Waals surface area contributed by atoms with E-state index in [0.717, 1.165) is 18.4 Å². The third-order valence-electron chi connectivity index (χ3n) is 3.94. The molecule has 2 aromatic rings. The molecule has 0 radical (unpaired) electrons. The van der Waals surface area contributed by atoms with Crippen LogP contribution in [0.15, 0.2) is 66.9 Å². The molecule has 0 atom stereocenters. The molecule has 2 aromatic carbocycles. The Labute approximate surface area is 134 Å². The lowest BCUT2D eigenvalue weighted by molar-refractivity contribution is 0.495. The van der Waals surface area contributed by atoms with E-state index < -0.39 is 0 Å². The first kappa shape index (κ1) is 16.1. The first-order chi connectivity index (χ1) is 10.7. The van der Waals surface area contributed by atoms with Gasteiger partial charge in [-0.2, -0.15) is 0 Å². The minimum Gasteiger partial charge on any atom is -0.381 e. The molecule has 0 bridgehead atoms. The summed E-state index contributed by atoms with van der Waals surface area (Å²) in [4.78, 5) is 2.24. The van der Waals surface area contributed by atoms with Crippen molar-refractivity contribution < 1.29 is 0 Å². The van der Waals surface area contributed by atoms with Gasteiger partial charge in [0.2, 0.25) is 0 Å². The number of rotatable bonds is 6. The van der Waals surface area contributed by atoms with Crippen molar-refractivity contribution in [3.05, 3.63) is 83.6 Å². The van der Waals surface area contributed by atoms with E-state index in [0.29, 0.717) is 0 Å². The molecule has 0 fully saturated rings. The molecule has 0 unspecified atom stereocenters. The topological polar surface area (TPSA) is 3.24 Å². The molecule has 0 amide bonds. The van der Waals surface area contributed by atoms with Gasteiger partial charge in [-0.1, -0.05) is 74.2 Å². The molecule has 0 aliphatic rings. The molecular weight excluding hydrogens is 266 g/mol. The zero-order chi connectivity index (χ0) is 15.9. The quantitative estimate of drug-likeness (QED) is 0.702. The molecule has 0 N–H and O–H groups in total. The Hall–Kier alpha value is -2.28. The molecule has 1 nitrogen and oxygen atoms in total. The van der Waals surface area contributed by atoms with Gasteiger partial charge in [0.05, 0.1) is 0 Å². The molecule has 0 saturated carbocycles. The SMILES string of the molecule is C=Cc1ccc(CC(=C(CC)N(C)C)c2ccccc2)cc1. The lowest BCUT2D eigenvalue weighted by Gasteiger charge is -2.22. The summed E-state index contributed by atoms with van der Waals surface area (Å²) in [5.41, 5.74) is 6.59. The van der Waals surface area contributed by atoms with E-state index >= 15 is 0 Å². The normalized spacial score (nSPS) is 11.8. The van der Waals surface area contributed by atoms with Gasteiger partial charge >= 0.3 is 0 Å². The Morgan fingerprint density at radius 3 is 2.14 bits per heavy atom.